The summed E-state index contributed by atoms with van der Waals surface area (Å²) in [6, 6.07) is 4.86. The average molecular weight is 229 g/mol. The summed E-state index contributed by atoms with van der Waals surface area (Å²) < 4.78 is 36.0. The van der Waals surface area contributed by atoms with E-state index >= 15 is 0 Å². The Labute approximate surface area is 91.1 Å². The van der Waals surface area contributed by atoms with Gasteiger partial charge in [-0.25, -0.2) is 4.98 Å². The van der Waals surface area contributed by atoms with Crippen LogP contribution >= 0.6 is 0 Å². The van der Waals surface area contributed by atoms with Crippen LogP contribution < -0.4 is 4.90 Å². The standard InChI is InChI=1S/C10H10F3N3/c1-16(5-3-10(11,12)13)9-2-4-15-8(6-9)7-14/h2,4,6H,3,5H2,1H3. The van der Waals surface area contributed by atoms with Gasteiger partial charge in [-0.1, -0.05) is 0 Å². The Kier molecular flexibility index (Phi) is 3.72. The first-order valence-corrected chi connectivity index (χ1v) is 4.56. The minimum absolute atomic E-state index is 0.140. The van der Waals surface area contributed by atoms with Crippen molar-refractivity contribution in [1.82, 2.24) is 4.98 Å². The molecule has 0 N–H and O–H groups in total. The third-order valence-electron chi connectivity index (χ3n) is 2.03. The molecule has 0 radical (unpaired) electrons. The lowest BCUT2D eigenvalue weighted by atomic mass is 10.3. The van der Waals surface area contributed by atoms with Crippen LogP contribution in [-0.2, 0) is 0 Å². The first kappa shape index (κ1) is 12.3. The van der Waals surface area contributed by atoms with Gasteiger partial charge in [0.15, 0.2) is 0 Å². The molecule has 0 unspecified atom stereocenters. The van der Waals surface area contributed by atoms with E-state index in [0.29, 0.717) is 5.69 Å². The van der Waals surface area contributed by atoms with Gasteiger partial charge in [0.2, 0.25) is 0 Å². The van der Waals surface area contributed by atoms with E-state index in [0.717, 1.165) is 0 Å². The normalized spacial score (nSPS) is 10.9. The molecule has 0 fully saturated rings. The Bertz CT molecular complexity index is 395. The van der Waals surface area contributed by atoms with E-state index in [9.17, 15) is 13.2 Å². The van der Waals surface area contributed by atoms with Crippen LogP contribution in [0, 0.1) is 11.3 Å². The van der Waals surface area contributed by atoms with E-state index < -0.39 is 12.6 Å². The van der Waals surface area contributed by atoms with Gasteiger partial charge in [0.1, 0.15) is 11.8 Å². The molecule has 0 aliphatic heterocycles. The van der Waals surface area contributed by atoms with Crippen LogP contribution in [0.2, 0.25) is 0 Å². The first-order chi connectivity index (χ1) is 7.42. The van der Waals surface area contributed by atoms with Crippen LogP contribution in [0.1, 0.15) is 12.1 Å². The molecule has 0 saturated carbocycles. The number of rotatable bonds is 3. The van der Waals surface area contributed by atoms with Gasteiger partial charge in [0, 0.05) is 25.5 Å². The maximum Gasteiger partial charge on any atom is 0.390 e. The monoisotopic (exact) mass is 229 g/mol. The lowest BCUT2D eigenvalue weighted by Crippen LogP contribution is -2.24. The smallest absolute Gasteiger partial charge is 0.374 e. The molecule has 0 aliphatic rings. The van der Waals surface area contributed by atoms with E-state index in [1.807, 2.05) is 6.07 Å². The van der Waals surface area contributed by atoms with Crippen molar-refractivity contribution in [2.24, 2.45) is 0 Å². The zero-order chi connectivity index (χ0) is 12.2. The number of anilines is 1. The Morgan fingerprint density at radius 2 is 2.19 bits per heavy atom. The van der Waals surface area contributed by atoms with Gasteiger partial charge in [0.05, 0.1) is 6.42 Å². The van der Waals surface area contributed by atoms with E-state index in [4.69, 9.17) is 5.26 Å². The molecule has 0 aliphatic carbocycles. The number of nitrogens with zero attached hydrogens (tertiary/aromatic N) is 3. The Balaban J connectivity index is 2.66. The summed E-state index contributed by atoms with van der Waals surface area (Å²) in [5.74, 6) is 0. The highest BCUT2D eigenvalue weighted by molar-refractivity contribution is 5.47. The number of aromatic nitrogens is 1. The predicted octanol–water partition coefficient (Wildman–Crippen LogP) is 2.34. The van der Waals surface area contributed by atoms with Crippen LogP contribution in [-0.4, -0.2) is 24.8 Å². The maximum absolute atomic E-state index is 12.0. The summed E-state index contributed by atoms with van der Waals surface area (Å²) in [6.45, 7) is -0.140. The van der Waals surface area contributed by atoms with Crippen molar-refractivity contribution in [2.75, 3.05) is 18.5 Å². The molecular formula is C10H10F3N3. The van der Waals surface area contributed by atoms with Crippen molar-refractivity contribution >= 4 is 5.69 Å². The quantitative estimate of drug-likeness (QED) is 0.798. The highest BCUT2D eigenvalue weighted by atomic mass is 19.4. The fourth-order valence-corrected chi connectivity index (χ4v) is 1.14. The van der Waals surface area contributed by atoms with E-state index in [-0.39, 0.29) is 12.2 Å². The number of halogens is 3. The largest absolute Gasteiger partial charge is 0.390 e. The fraction of sp³-hybridized carbons (Fsp3) is 0.400. The van der Waals surface area contributed by atoms with Crippen molar-refractivity contribution in [2.45, 2.75) is 12.6 Å². The molecule has 1 rings (SSSR count). The molecule has 3 nitrogen and oxygen atoms in total. The molecule has 86 valence electrons. The van der Waals surface area contributed by atoms with Crippen LogP contribution in [0.3, 0.4) is 0 Å². The van der Waals surface area contributed by atoms with E-state index in [1.165, 1.54) is 17.2 Å². The Morgan fingerprint density at radius 1 is 1.50 bits per heavy atom. The number of alkyl halides is 3. The van der Waals surface area contributed by atoms with E-state index in [2.05, 4.69) is 4.98 Å². The molecule has 1 aromatic rings. The van der Waals surface area contributed by atoms with Gasteiger partial charge < -0.3 is 4.90 Å². The lowest BCUT2D eigenvalue weighted by Gasteiger charge is -2.19. The second kappa shape index (κ2) is 4.84. The van der Waals surface area contributed by atoms with Gasteiger partial charge in [-0.05, 0) is 12.1 Å². The van der Waals surface area contributed by atoms with Crippen molar-refractivity contribution in [3.05, 3.63) is 24.0 Å². The predicted molar refractivity (Wildman–Crippen MR) is 52.9 cm³/mol. The average Bonchev–Trinajstić information content (AvgIpc) is 2.25. The van der Waals surface area contributed by atoms with Crippen molar-refractivity contribution in [1.29, 1.82) is 5.26 Å². The molecular weight excluding hydrogens is 219 g/mol. The summed E-state index contributed by atoms with van der Waals surface area (Å²) in [5, 5.41) is 8.59. The minimum atomic E-state index is -4.17. The van der Waals surface area contributed by atoms with Crippen molar-refractivity contribution in [3.8, 4) is 6.07 Å². The van der Waals surface area contributed by atoms with Gasteiger partial charge in [-0.2, -0.15) is 18.4 Å². The minimum Gasteiger partial charge on any atom is -0.374 e. The first-order valence-electron chi connectivity index (χ1n) is 4.56. The zero-order valence-corrected chi connectivity index (χ0v) is 8.62. The van der Waals surface area contributed by atoms with Gasteiger partial charge in [0.25, 0.3) is 0 Å². The summed E-state index contributed by atoms with van der Waals surface area (Å²) >= 11 is 0. The fourth-order valence-electron chi connectivity index (χ4n) is 1.14. The van der Waals surface area contributed by atoms with Crippen LogP contribution in [0.4, 0.5) is 18.9 Å². The van der Waals surface area contributed by atoms with Crippen molar-refractivity contribution < 1.29 is 13.2 Å². The van der Waals surface area contributed by atoms with E-state index in [1.54, 1.807) is 13.1 Å². The summed E-state index contributed by atoms with van der Waals surface area (Å²) in [4.78, 5) is 5.18. The molecule has 0 spiro atoms. The molecule has 0 bridgehead atoms. The Morgan fingerprint density at radius 3 is 2.75 bits per heavy atom. The summed E-state index contributed by atoms with van der Waals surface area (Å²) in [5.41, 5.74) is 0.743. The lowest BCUT2D eigenvalue weighted by molar-refractivity contribution is -0.132. The molecule has 0 amide bonds. The SMILES string of the molecule is CN(CCC(F)(F)F)c1ccnc(C#N)c1. The van der Waals surface area contributed by atoms with Gasteiger partial charge in [-0.15, -0.1) is 0 Å². The highest BCUT2D eigenvalue weighted by Crippen LogP contribution is 2.21. The molecule has 6 heteroatoms. The van der Waals surface area contributed by atoms with Gasteiger partial charge in [-0.3, -0.25) is 0 Å². The molecule has 1 aromatic heterocycles. The number of pyridine rings is 1. The zero-order valence-electron chi connectivity index (χ0n) is 8.62. The second-order valence-corrected chi connectivity index (χ2v) is 3.30. The van der Waals surface area contributed by atoms with Crippen molar-refractivity contribution in [3.63, 3.8) is 0 Å². The molecule has 0 aromatic carbocycles. The van der Waals surface area contributed by atoms with Crippen LogP contribution in [0.5, 0.6) is 0 Å². The summed E-state index contributed by atoms with van der Waals surface area (Å²) in [6.07, 6.45) is -3.65. The number of hydrogen-bond donors (Lipinski definition) is 0. The number of hydrogen-bond acceptors (Lipinski definition) is 3. The van der Waals surface area contributed by atoms with Gasteiger partial charge >= 0.3 is 6.18 Å². The number of nitriles is 1. The maximum atomic E-state index is 12.0. The van der Waals surface area contributed by atoms with Crippen LogP contribution in [0.25, 0.3) is 0 Å². The topological polar surface area (TPSA) is 39.9 Å². The molecule has 0 atom stereocenters. The molecule has 1 heterocycles. The summed E-state index contributed by atoms with van der Waals surface area (Å²) in [7, 11) is 1.54. The Hall–Kier alpha value is -1.77. The van der Waals surface area contributed by atoms with Crippen LogP contribution in [0.15, 0.2) is 18.3 Å². The third-order valence-corrected chi connectivity index (χ3v) is 2.03. The third kappa shape index (κ3) is 3.77. The highest BCUT2D eigenvalue weighted by Gasteiger charge is 2.27. The second-order valence-electron chi connectivity index (χ2n) is 3.30. The molecule has 0 saturated heterocycles. The molecule has 16 heavy (non-hydrogen) atoms.